The van der Waals surface area contributed by atoms with Crippen molar-refractivity contribution < 1.29 is 14.4 Å². The predicted octanol–water partition coefficient (Wildman–Crippen LogP) is 3.85. The van der Waals surface area contributed by atoms with Crippen LogP contribution in [0.4, 0.5) is 0 Å². The zero-order valence-electron chi connectivity index (χ0n) is 11.8. The number of phenols is 1. The van der Waals surface area contributed by atoms with Gasteiger partial charge in [-0.05, 0) is 73.4 Å². The molecule has 2 aromatic rings. The van der Waals surface area contributed by atoms with Crippen molar-refractivity contribution in [2.24, 2.45) is 0 Å². The van der Waals surface area contributed by atoms with E-state index in [1.54, 1.807) is 6.07 Å². The second-order valence-electron chi connectivity index (χ2n) is 5.22. The number of benzene rings is 1. The van der Waals surface area contributed by atoms with E-state index in [-0.39, 0.29) is 5.75 Å². The maximum Gasteiger partial charge on any atom is 0.261 e. The van der Waals surface area contributed by atoms with Gasteiger partial charge in [0.05, 0.1) is 5.56 Å². The van der Waals surface area contributed by atoms with Gasteiger partial charge in [0.15, 0.2) is 0 Å². The summed E-state index contributed by atoms with van der Waals surface area (Å²) in [6.45, 7) is 2.60. The molecule has 0 amide bonds. The fourth-order valence-corrected chi connectivity index (χ4v) is 3.34. The molecular weight excluding hydrogens is 383 g/mol. The lowest BCUT2D eigenvalue weighted by molar-refractivity contribution is -0.0469. The normalized spacial score (nSPS) is 17.2. The summed E-state index contributed by atoms with van der Waals surface area (Å²) < 4.78 is 12.3. The van der Waals surface area contributed by atoms with Crippen LogP contribution >= 0.6 is 22.6 Å². The topological polar surface area (TPSA) is 68.4 Å². The number of halogens is 1. The van der Waals surface area contributed by atoms with Crippen LogP contribution in [0.25, 0.3) is 11.5 Å². The monoisotopic (exact) mass is 400 g/mol. The van der Waals surface area contributed by atoms with Crippen LogP contribution in [0.15, 0.2) is 22.7 Å². The summed E-state index contributed by atoms with van der Waals surface area (Å²) in [6, 6.07) is 5.29. The van der Waals surface area contributed by atoms with Gasteiger partial charge in [-0.25, -0.2) is 0 Å². The minimum Gasteiger partial charge on any atom is -0.507 e. The Kier molecular flexibility index (Phi) is 4.17. The highest BCUT2D eigenvalue weighted by Crippen LogP contribution is 2.41. The van der Waals surface area contributed by atoms with Gasteiger partial charge in [0.25, 0.3) is 5.89 Å². The third-order valence-corrected chi connectivity index (χ3v) is 4.53. The first-order chi connectivity index (χ1) is 10.1. The second kappa shape index (κ2) is 5.92. The Hall–Kier alpha value is -1.15. The van der Waals surface area contributed by atoms with Crippen molar-refractivity contribution in [3.8, 4) is 17.2 Å². The molecule has 5 nitrogen and oxygen atoms in total. The van der Waals surface area contributed by atoms with Crippen LogP contribution < -0.4 is 0 Å². The van der Waals surface area contributed by atoms with Gasteiger partial charge in [0.1, 0.15) is 11.4 Å². The first-order valence-corrected chi connectivity index (χ1v) is 8.19. The first kappa shape index (κ1) is 14.8. The highest BCUT2D eigenvalue weighted by molar-refractivity contribution is 14.1. The smallest absolute Gasteiger partial charge is 0.261 e. The van der Waals surface area contributed by atoms with E-state index in [9.17, 15) is 5.11 Å². The minimum atomic E-state index is -0.423. The number of nitrogens with zero attached hydrogens (tertiary/aromatic N) is 2. The van der Waals surface area contributed by atoms with E-state index in [0.717, 1.165) is 29.3 Å². The van der Waals surface area contributed by atoms with Gasteiger partial charge in [0.2, 0.25) is 5.82 Å². The molecule has 0 spiro atoms. The maximum absolute atomic E-state index is 9.97. The first-order valence-electron chi connectivity index (χ1n) is 7.12. The van der Waals surface area contributed by atoms with E-state index in [1.165, 1.54) is 0 Å². The summed E-state index contributed by atoms with van der Waals surface area (Å²) in [5.41, 5.74) is 0.138. The zero-order chi connectivity index (χ0) is 14.9. The molecule has 1 heterocycles. The van der Waals surface area contributed by atoms with Crippen molar-refractivity contribution in [3.63, 3.8) is 0 Å². The van der Waals surface area contributed by atoms with Crippen molar-refractivity contribution in [2.45, 2.75) is 38.2 Å². The lowest BCUT2D eigenvalue weighted by atomic mass is 10.0. The molecule has 1 saturated carbocycles. The molecule has 0 saturated heterocycles. The molecule has 6 heteroatoms. The summed E-state index contributed by atoms with van der Waals surface area (Å²) >= 11 is 2.18. The molecule has 0 aliphatic heterocycles. The molecule has 0 atom stereocenters. The third kappa shape index (κ3) is 2.78. The van der Waals surface area contributed by atoms with Gasteiger partial charge in [-0.3, -0.25) is 0 Å². The highest BCUT2D eigenvalue weighted by atomic mass is 127. The summed E-state index contributed by atoms with van der Waals surface area (Å²) in [7, 11) is 0. The molecule has 1 aromatic heterocycles. The molecule has 1 aromatic carbocycles. The average molecular weight is 400 g/mol. The van der Waals surface area contributed by atoms with Gasteiger partial charge in [-0.15, -0.1) is 0 Å². The van der Waals surface area contributed by atoms with Gasteiger partial charge in [0, 0.05) is 10.2 Å². The largest absolute Gasteiger partial charge is 0.507 e. The third-order valence-electron chi connectivity index (χ3n) is 3.85. The van der Waals surface area contributed by atoms with E-state index < -0.39 is 5.60 Å². The fourth-order valence-electron chi connectivity index (χ4n) is 2.85. The Bertz CT molecular complexity index is 636. The number of hydrogen-bond acceptors (Lipinski definition) is 5. The van der Waals surface area contributed by atoms with Crippen LogP contribution in [-0.2, 0) is 10.3 Å². The summed E-state index contributed by atoms with van der Waals surface area (Å²) in [5, 5.41) is 14.1. The van der Waals surface area contributed by atoms with E-state index in [2.05, 4.69) is 32.7 Å². The number of aromatic hydroxyl groups is 1. The molecule has 21 heavy (non-hydrogen) atoms. The minimum absolute atomic E-state index is 0.141. The lowest BCUT2D eigenvalue weighted by Crippen LogP contribution is -2.27. The standard InChI is InChI=1S/C15H17IN2O3/c1-2-20-15(7-3-4-8-15)14-17-13(21-18-14)11-9-10(16)5-6-12(11)19/h5-6,9,19H,2-4,7-8H2,1H3. The maximum atomic E-state index is 9.97. The van der Waals surface area contributed by atoms with Crippen molar-refractivity contribution in [1.82, 2.24) is 10.1 Å². The quantitative estimate of drug-likeness (QED) is 0.790. The average Bonchev–Trinajstić information content (AvgIpc) is 3.11. The van der Waals surface area contributed by atoms with Crippen molar-refractivity contribution in [2.75, 3.05) is 6.61 Å². The fraction of sp³-hybridized carbons (Fsp3) is 0.467. The van der Waals surface area contributed by atoms with E-state index in [1.807, 2.05) is 19.1 Å². The summed E-state index contributed by atoms with van der Waals surface area (Å²) in [5.74, 6) is 1.07. The van der Waals surface area contributed by atoms with Crippen LogP contribution in [0, 0.1) is 3.57 Å². The van der Waals surface area contributed by atoms with E-state index in [4.69, 9.17) is 9.26 Å². The number of hydrogen-bond donors (Lipinski definition) is 1. The summed E-state index contributed by atoms with van der Waals surface area (Å²) in [4.78, 5) is 4.49. The molecular formula is C15H17IN2O3. The molecule has 1 fully saturated rings. The predicted molar refractivity (Wildman–Crippen MR) is 85.9 cm³/mol. The number of ether oxygens (including phenoxy) is 1. The molecule has 0 unspecified atom stereocenters. The lowest BCUT2D eigenvalue weighted by Gasteiger charge is -2.24. The molecule has 3 rings (SSSR count). The molecule has 0 bridgehead atoms. The Labute approximate surface area is 136 Å². The van der Waals surface area contributed by atoms with Crippen LogP contribution in [-0.4, -0.2) is 21.9 Å². The van der Waals surface area contributed by atoms with Crippen LogP contribution in [0.3, 0.4) is 0 Å². The molecule has 112 valence electrons. The molecule has 0 radical (unpaired) electrons. The number of aromatic nitrogens is 2. The number of rotatable bonds is 4. The van der Waals surface area contributed by atoms with Crippen molar-refractivity contribution in [3.05, 3.63) is 27.6 Å². The van der Waals surface area contributed by atoms with Gasteiger partial charge in [-0.1, -0.05) is 5.16 Å². The van der Waals surface area contributed by atoms with Crippen molar-refractivity contribution >= 4 is 22.6 Å². The SMILES string of the molecule is CCOC1(c2noc(-c3cc(I)ccc3O)n2)CCCC1. The Morgan fingerprint density at radius 2 is 2.14 bits per heavy atom. The van der Waals surface area contributed by atoms with Crippen LogP contribution in [0.5, 0.6) is 5.75 Å². The van der Waals surface area contributed by atoms with Crippen LogP contribution in [0.2, 0.25) is 0 Å². The molecule has 1 aliphatic rings. The second-order valence-corrected chi connectivity index (χ2v) is 6.46. The van der Waals surface area contributed by atoms with Gasteiger partial charge < -0.3 is 14.4 Å². The van der Waals surface area contributed by atoms with Crippen LogP contribution in [0.1, 0.15) is 38.4 Å². The van der Waals surface area contributed by atoms with Gasteiger partial charge >= 0.3 is 0 Å². The number of phenolic OH excluding ortho intramolecular Hbond substituents is 1. The van der Waals surface area contributed by atoms with E-state index >= 15 is 0 Å². The van der Waals surface area contributed by atoms with E-state index in [0.29, 0.717) is 23.9 Å². The highest BCUT2D eigenvalue weighted by Gasteiger charge is 2.41. The van der Waals surface area contributed by atoms with Crippen molar-refractivity contribution in [1.29, 1.82) is 0 Å². The summed E-state index contributed by atoms with van der Waals surface area (Å²) in [6.07, 6.45) is 4.05. The Morgan fingerprint density at radius 3 is 2.86 bits per heavy atom. The Morgan fingerprint density at radius 1 is 1.38 bits per heavy atom. The Balaban J connectivity index is 1.97. The zero-order valence-corrected chi connectivity index (χ0v) is 14.0. The van der Waals surface area contributed by atoms with Gasteiger partial charge in [-0.2, -0.15) is 4.98 Å². The molecule has 1 aliphatic carbocycles. The molecule has 1 N–H and O–H groups in total.